The van der Waals surface area contributed by atoms with Crippen LogP contribution in [0.3, 0.4) is 0 Å². The monoisotopic (exact) mass is 411 g/mol. The summed E-state index contributed by atoms with van der Waals surface area (Å²) in [5.74, 6) is -4.50. The van der Waals surface area contributed by atoms with Gasteiger partial charge in [-0.1, -0.05) is 25.8 Å². The van der Waals surface area contributed by atoms with Crippen molar-refractivity contribution in [1.82, 2.24) is 10.2 Å². The molecule has 0 aromatic heterocycles. The summed E-state index contributed by atoms with van der Waals surface area (Å²) in [6.45, 7) is 4.04. The Balaban J connectivity index is 1.95. The molecule has 10 heteroatoms. The van der Waals surface area contributed by atoms with Crippen LogP contribution in [-0.4, -0.2) is 46.9 Å². The lowest BCUT2D eigenvalue weighted by molar-refractivity contribution is -0.155. The van der Waals surface area contributed by atoms with Gasteiger partial charge in [-0.3, -0.25) is 19.3 Å². The van der Waals surface area contributed by atoms with E-state index in [-0.39, 0.29) is 0 Å². The molecular formula is C19H23F2N3O5. The van der Waals surface area contributed by atoms with E-state index in [1.54, 1.807) is 6.92 Å². The summed E-state index contributed by atoms with van der Waals surface area (Å²) in [6.07, 6.45) is 0.557. The van der Waals surface area contributed by atoms with Crippen molar-refractivity contribution in [1.29, 1.82) is 0 Å². The molecule has 1 heterocycles. The van der Waals surface area contributed by atoms with E-state index in [1.165, 1.54) is 6.92 Å². The van der Waals surface area contributed by atoms with E-state index >= 15 is 0 Å². The van der Waals surface area contributed by atoms with E-state index in [0.717, 1.165) is 29.5 Å². The molecule has 0 saturated carbocycles. The number of hydrogen-bond donors (Lipinski definition) is 2. The molecule has 1 saturated heterocycles. The zero-order valence-electron chi connectivity index (χ0n) is 16.4. The van der Waals surface area contributed by atoms with Crippen LogP contribution in [-0.2, 0) is 19.1 Å². The molecule has 0 bridgehead atoms. The quantitative estimate of drug-likeness (QED) is 0.505. The highest BCUT2D eigenvalue weighted by Gasteiger charge is 2.48. The van der Waals surface area contributed by atoms with Crippen molar-refractivity contribution in [3.8, 4) is 0 Å². The molecule has 158 valence electrons. The van der Waals surface area contributed by atoms with Gasteiger partial charge >= 0.3 is 12.0 Å². The zero-order chi connectivity index (χ0) is 21.8. The van der Waals surface area contributed by atoms with Crippen LogP contribution in [0.4, 0.5) is 19.3 Å². The SMILES string of the molecule is CCCC[C@@]1(C)NC(=O)N(CC(=O)O[C@@H](C)C(=O)Nc2c(F)cccc2F)C1=O. The number of nitrogens with zero attached hydrogens (tertiary/aromatic N) is 1. The van der Waals surface area contributed by atoms with Gasteiger partial charge in [0.1, 0.15) is 29.4 Å². The van der Waals surface area contributed by atoms with Crippen molar-refractivity contribution in [2.75, 3.05) is 11.9 Å². The van der Waals surface area contributed by atoms with Gasteiger partial charge in [0.2, 0.25) is 0 Å². The Hall–Kier alpha value is -3.04. The Morgan fingerprint density at radius 1 is 1.28 bits per heavy atom. The molecule has 8 nitrogen and oxygen atoms in total. The van der Waals surface area contributed by atoms with E-state index in [0.29, 0.717) is 12.8 Å². The van der Waals surface area contributed by atoms with Crippen molar-refractivity contribution in [3.63, 3.8) is 0 Å². The number of esters is 1. The van der Waals surface area contributed by atoms with Gasteiger partial charge in [0.25, 0.3) is 11.8 Å². The lowest BCUT2D eigenvalue weighted by Crippen LogP contribution is -2.44. The van der Waals surface area contributed by atoms with Crippen molar-refractivity contribution in [2.24, 2.45) is 0 Å². The van der Waals surface area contributed by atoms with Gasteiger partial charge in [0.15, 0.2) is 6.10 Å². The Kier molecular flexibility index (Phi) is 6.89. The number of urea groups is 1. The third-order valence-corrected chi connectivity index (χ3v) is 4.55. The minimum absolute atomic E-state index is 0.423. The third-order valence-electron chi connectivity index (χ3n) is 4.55. The lowest BCUT2D eigenvalue weighted by Gasteiger charge is -2.21. The Morgan fingerprint density at radius 3 is 2.48 bits per heavy atom. The molecule has 4 amide bonds. The number of hydrogen-bond acceptors (Lipinski definition) is 5. The molecule has 1 aromatic carbocycles. The van der Waals surface area contributed by atoms with Crippen molar-refractivity contribution >= 4 is 29.5 Å². The van der Waals surface area contributed by atoms with E-state index < -0.39 is 59.3 Å². The molecule has 0 aliphatic carbocycles. The number of carbonyl (C=O) groups is 4. The first-order chi connectivity index (χ1) is 13.6. The smallest absolute Gasteiger partial charge is 0.327 e. The molecule has 1 fully saturated rings. The summed E-state index contributed by atoms with van der Waals surface area (Å²) in [5, 5.41) is 4.56. The highest BCUT2D eigenvalue weighted by Crippen LogP contribution is 2.23. The Morgan fingerprint density at radius 2 is 1.90 bits per heavy atom. The van der Waals surface area contributed by atoms with E-state index in [4.69, 9.17) is 4.74 Å². The van der Waals surface area contributed by atoms with Crippen molar-refractivity contribution in [2.45, 2.75) is 51.7 Å². The number of halogens is 2. The first kappa shape index (κ1) is 22.3. The van der Waals surface area contributed by atoms with Crippen molar-refractivity contribution < 1.29 is 32.7 Å². The fraction of sp³-hybridized carbons (Fsp3) is 0.474. The predicted octanol–water partition coefficient (Wildman–Crippen LogP) is 2.34. The molecule has 0 unspecified atom stereocenters. The van der Waals surface area contributed by atoms with E-state index in [9.17, 15) is 28.0 Å². The van der Waals surface area contributed by atoms with Crippen LogP contribution in [0.15, 0.2) is 18.2 Å². The van der Waals surface area contributed by atoms with Gasteiger partial charge in [-0.25, -0.2) is 13.6 Å². The minimum atomic E-state index is -1.41. The molecular weight excluding hydrogens is 388 g/mol. The normalized spacial score (nSPS) is 19.7. The van der Waals surface area contributed by atoms with Crippen LogP contribution in [0.1, 0.15) is 40.0 Å². The average molecular weight is 411 g/mol. The first-order valence-electron chi connectivity index (χ1n) is 9.17. The fourth-order valence-corrected chi connectivity index (χ4v) is 2.85. The zero-order valence-corrected chi connectivity index (χ0v) is 16.4. The molecule has 1 aliphatic heterocycles. The maximum Gasteiger partial charge on any atom is 0.327 e. The molecule has 2 N–H and O–H groups in total. The number of para-hydroxylation sites is 1. The van der Waals surface area contributed by atoms with E-state index in [2.05, 4.69) is 5.32 Å². The number of benzene rings is 1. The Labute approximate surface area is 166 Å². The van der Waals surface area contributed by atoms with Crippen LogP contribution in [0.5, 0.6) is 0 Å². The topological polar surface area (TPSA) is 105 Å². The molecule has 1 aromatic rings. The maximum absolute atomic E-state index is 13.6. The number of unbranched alkanes of at least 4 members (excludes halogenated alkanes) is 1. The number of amides is 4. The number of nitrogens with one attached hydrogen (secondary N) is 2. The van der Waals surface area contributed by atoms with Gasteiger partial charge in [0.05, 0.1) is 0 Å². The summed E-state index contributed by atoms with van der Waals surface area (Å²) in [7, 11) is 0. The first-order valence-corrected chi connectivity index (χ1v) is 9.17. The number of anilines is 1. The third kappa shape index (κ3) is 5.07. The highest BCUT2D eigenvalue weighted by molar-refractivity contribution is 6.08. The van der Waals surface area contributed by atoms with Gasteiger partial charge < -0.3 is 15.4 Å². The van der Waals surface area contributed by atoms with Gasteiger partial charge in [-0.05, 0) is 32.4 Å². The second kappa shape index (κ2) is 8.97. The number of imide groups is 1. The summed E-state index contributed by atoms with van der Waals surface area (Å²) < 4.78 is 32.1. The molecule has 0 radical (unpaired) electrons. The molecule has 1 aliphatic rings. The highest BCUT2D eigenvalue weighted by atomic mass is 19.1. The molecule has 2 rings (SSSR count). The van der Waals surface area contributed by atoms with Crippen LogP contribution < -0.4 is 10.6 Å². The van der Waals surface area contributed by atoms with E-state index in [1.807, 2.05) is 12.2 Å². The predicted molar refractivity (Wildman–Crippen MR) is 98.7 cm³/mol. The summed E-state index contributed by atoms with van der Waals surface area (Å²) in [6, 6.07) is 2.33. The number of rotatable bonds is 8. The number of ether oxygens (including phenoxy) is 1. The van der Waals surface area contributed by atoms with Gasteiger partial charge in [-0.2, -0.15) is 0 Å². The largest absolute Gasteiger partial charge is 0.451 e. The lowest BCUT2D eigenvalue weighted by atomic mass is 9.95. The Bertz CT molecular complexity index is 812. The summed E-state index contributed by atoms with van der Waals surface area (Å²) in [5.41, 5.74) is -1.76. The molecule has 0 spiro atoms. The summed E-state index contributed by atoms with van der Waals surface area (Å²) >= 11 is 0. The fourth-order valence-electron chi connectivity index (χ4n) is 2.85. The van der Waals surface area contributed by atoms with Crippen LogP contribution >= 0.6 is 0 Å². The minimum Gasteiger partial charge on any atom is -0.451 e. The standard InChI is InChI=1S/C19H23F2N3O5/c1-4-5-9-19(3)17(27)24(18(28)23-19)10-14(25)29-11(2)16(26)22-15-12(20)7-6-8-13(15)21/h6-8,11H,4-5,9-10H2,1-3H3,(H,22,26)(H,23,28)/t11-,19+/m0/s1. The average Bonchev–Trinajstić information content (AvgIpc) is 2.86. The number of carbonyl (C=O) groups excluding carboxylic acids is 4. The summed E-state index contributed by atoms with van der Waals surface area (Å²) in [4.78, 5) is 49.4. The van der Waals surface area contributed by atoms with Gasteiger partial charge in [-0.15, -0.1) is 0 Å². The molecule has 29 heavy (non-hydrogen) atoms. The van der Waals surface area contributed by atoms with Crippen LogP contribution in [0.2, 0.25) is 0 Å². The molecule has 2 atom stereocenters. The van der Waals surface area contributed by atoms with Crippen LogP contribution in [0.25, 0.3) is 0 Å². The van der Waals surface area contributed by atoms with Crippen molar-refractivity contribution in [3.05, 3.63) is 29.8 Å². The second-order valence-corrected chi connectivity index (χ2v) is 6.98. The van der Waals surface area contributed by atoms with Crippen LogP contribution in [0, 0.1) is 11.6 Å². The maximum atomic E-state index is 13.6. The van der Waals surface area contributed by atoms with Gasteiger partial charge in [0, 0.05) is 0 Å². The second-order valence-electron chi connectivity index (χ2n) is 6.98.